The molecule has 3 N–H and O–H groups in total. The molecule has 19 heavy (non-hydrogen) atoms. The zero-order chi connectivity index (χ0) is 14.4. The lowest BCUT2D eigenvalue weighted by Crippen LogP contribution is -2.42. The smallest absolute Gasteiger partial charge is 0.241 e. The first-order valence-corrected chi connectivity index (χ1v) is 6.59. The molecule has 0 heterocycles. The van der Waals surface area contributed by atoms with Crippen molar-refractivity contribution in [3.8, 4) is 0 Å². The van der Waals surface area contributed by atoms with Gasteiger partial charge in [-0.3, -0.25) is 9.69 Å². The molecule has 1 unspecified atom stereocenters. The summed E-state index contributed by atoms with van der Waals surface area (Å²) in [5.74, 6) is -0.589. The van der Waals surface area contributed by atoms with Gasteiger partial charge in [-0.15, -0.1) is 0 Å². The zero-order valence-corrected chi connectivity index (χ0v) is 11.7. The van der Waals surface area contributed by atoms with E-state index in [-0.39, 0.29) is 17.6 Å². The third-order valence-electron chi connectivity index (χ3n) is 3.11. The zero-order valence-electron chi connectivity index (χ0n) is 11.7. The molecule has 1 atom stereocenters. The number of nitrogens with two attached hydrogens (primary N) is 1. The number of likely N-dealkylation sites (N-methyl/N-ethyl adjacent to an activating group) is 1. The van der Waals surface area contributed by atoms with E-state index in [0.29, 0.717) is 5.69 Å². The summed E-state index contributed by atoms with van der Waals surface area (Å²) >= 11 is 0. The van der Waals surface area contributed by atoms with Crippen LogP contribution in [0.5, 0.6) is 0 Å². The van der Waals surface area contributed by atoms with Crippen LogP contribution in [0.3, 0.4) is 0 Å². The number of nitrogens with one attached hydrogen (secondary N) is 1. The van der Waals surface area contributed by atoms with Gasteiger partial charge in [-0.05, 0) is 44.6 Å². The lowest BCUT2D eigenvalue weighted by Gasteiger charge is -2.26. The molecule has 0 aromatic heterocycles. The average molecular weight is 267 g/mol. The summed E-state index contributed by atoms with van der Waals surface area (Å²) in [7, 11) is 0. The summed E-state index contributed by atoms with van der Waals surface area (Å²) in [6.07, 6.45) is 0.995. The SMILES string of the molecule is CCCN(CC)C(C)C(=O)Nc1ccc(F)c(N)c1. The average Bonchev–Trinajstić information content (AvgIpc) is 2.39. The number of carbonyl (C=O) groups excluding carboxylic acids is 1. The van der Waals surface area contributed by atoms with Gasteiger partial charge in [0, 0.05) is 5.69 Å². The van der Waals surface area contributed by atoms with Crippen molar-refractivity contribution in [1.29, 1.82) is 0 Å². The molecule has 1 aromatic rings. The Labute approximate surface area is 113 Å². The number of benzene rings is 1. The number of amides is 1. The van der Waals surface area contributed by atoms with E-state index in [2.05, 4.69) is 17.1 Å². The Morgan fingerprint density at radius 1 is 1.47 bits per heavy atom. The van der Waals surface area contributed by atoms with Crippen molar-refractivity contribution in [3.63, 3.8) is 0 Å². The summed E-state index contributed by atoms with van der Waals surface area (Å²) in [6, 6.07) is 3.96. The lowest BCUT2D eigenvalue weighted by atomic mass is 10.2. The third-order valence-corrected chi connectivity index (χ3v) is 3.11. The predicted octanol–water partition coefficient (Wildman–Crippen LogP) is 2.47. The molecule has 0 spiro atoms. The third kappa shape index (κ3) is 4.21. The molecule has 0 bridgehead atoms. The Morgan fingerprint density at radius 2 is 2.16 bits per heavy atom. The quantitative estimate of drug-likeness (QED) is 0.778. The van der Waals surface area contributed by atoms with Gasteiger partial charge < -0.3 is 11.1 Å². The van der Waals surface area contributed by atoms with Crippen molar-refractivity contribution in [2.75, 3.05) is 24.1 Å². The predicted molar refractivity (Wildman–Crippen MR) is 76.4 cm³/mol. The van der Waals surface area contributed by atoms with Crippen molar-refractivity contribution >= 4 is 17.3 Å². The minimum absolute atomic E-state index is 0.0337. The van der Waals surface area contributed by atoms with E-state index in [0.717, 1.165) is 19.5 Å². The molecule has 1 amide bonds. The maximum atomic E-state index is 13.0. The van der Waals surface area contributed by atoms with Gasteiger partial charge in [0.15, 0.2) is 0 Å². The Hall–Kier alpha value is -1.62. The molecule has 1 aromatic carbocycles. The van der Waals surface area contributed by atoms with Gasteiger partial charge in [0.2, 0.25) is 5.91 Å². The van der Waals surface area contributed by atoms with Gasteiger partial charge in [0.05, 0.1) is 11.7 Å². The second-order valence-electron chi connectivity index (χ2n) is 4.53. The fourth-order valence-electron chi connectivity index (χ4n) is 1.95. The largest absolute Gasteiger partial charge is 0.396 e. The first-order valence-electron chi connectivity index (χ1n) is 6.59. The summed E-state index contributed by atoms with van der Waals surface area (Å²) in [4.78, 5) is 14.2. The molecular formula is C14H22FN3O. The fourth-order valence-corrected chi connectivity index (χ4v) is 1.95. The van der Waals surface area contributed by atoms with Gasteiger partial charge in [-0.25, -0.2) is 4.39 Å². The Bertz CT molecular complexity index is 437. The van der Waals surface area contributed by atoms with Crippen LogP contribution < -0.4 is 11.1 Å². The molecule has 0 aliphatic rings. The van der Waals surface area contributed by atoms with E-state index in [1.54, 1.807) is 0 Å². The number of anilines is 2. The summed E-state index contributed by atoms with van der Waals surface area (Å²) in [5.41, 5.74) is 6.02. The minimum atomic E-state index is -0.479. The molecule has 0 aliphatic heterocycles. The van der Waals surface area contributed by atoms with Crippen LogP contribution in [0.1, 0.15) is 27.2 Å². The molecular weight excluding hydrogens is 245 g/mol. The molecule has 4 nitrogen and oxygen atoms in total. The molecule has 0 radical (unpaired) electrons. The normalized spacial score (nSPS) is 12.5. The van der Waals surface area contributed by atoms with Crippen LogP contribution in [0.4, 0.5) is 15.8 Å². The number of hydrogen-bond donors (Lipinski definition) is 2. The number of nitrogens with zero attached hydrogens (tertiary/aromatic N) is 1. The highest BCUT2D eigenvalue weighted by Crippen LogP contribution is 2.17. The van der Waals surface area contributed by atoms with Gasteiger partial charge >= 0.3 is 0 Å². The van der Waals surface area contributed by atoms with Gasteiger partial charge in [0.1, 0.15) is 5.82 Å². The second-order valence-corrected chi connectivity index (χ2v) is 4.53. The van der Waals surface area contributed by atoms with Crippen molar-refractivity contribution in [3.05, 3.63) is 24.0 Å². The Balaban J connectivity index is 2.70. The molecule has 0 saturated heterocycles. The van der Waals surface area contributed by atoms with Gasteiger partial charge in [-0.2, -0.15) is 0 Å². The Morgan fingerprint density at radius 3 is 2.68 bits per heavy atom. The van der Waals surface area contributed by atoms with E-state index in [1.165, 1.54) is 18.2 Å². The number of hydrogen-bond acceptors (Lipinski definition) is 3. The van der Waals surface area contributed by atoms with Crippen LogP contribution in [-0.4, -0.2) is 29.9 Å². The van der Waals surface area contributed by atoms with Crippen molar-refractivity contribution in [1.82, 2.24) is 4.90 Å². The van der Waals surface area contributed by atoms with Crippen LogP contribution in [0.25, 0.3) is 0 Å². The molecule has 106 valence electrons. The molecule has 1 rings (SSSR count). The van der Waals surface area contributed by atoms with Crippen LogP contribution in [-0.2, 0) is 4.79 Å². The van der Waals surface area contributed by atoms with E-state index in [9.17, 15) is 9.18 Å². The lowest BCUT2D eigenvalue weighted by molar-refractivity contribution is -0.120. The number of carbonyl (C=O) groups is 1. The Kier molecular flexibility index (Phi) is 5.76. The highest BCUT2D eigenvalue weighted by atomic mass is 19.1. The standard InChI is InChI=1S/C14H22FN3O/c1-4-8-18(5-2)10(3)14(19)17-11-6-7-12(15)13(16)9-11/h6-7,9-10H,4-5,8,16H2,1-3H3,(H,17,19). The van der Waals surface area contributed by atoms with Crippen LogP contribution >= 0.6 is 0 Å². The molecule has 0 aliphatic carbocycles. The fraction of sp³-hybridized carbons (Fsp3) is 0.500. The summed E-state index contributed by atoms with van der Waals surface area (Å²) in [6.45, 7) is 7.65. The summed E-state index contributed by atoms with van der Waals surface area (Å²) < 4.78 is 13.0. The number of nitrogen functional groups attached to an aromatic ring is 1. The minimum Gasteiger partial charge on any atom is -0.396 e. The van der Waals surface area contributed by atoms with Crippen LogP contribution in [0.2, 0.25) is 0 Å². The molecule has 0 saturated carbocycles. The first-order chi connectivity index (χ1) is 8.99. The maximum Gasteiger partial charge on any atom is 0.241 e. The number of rotatable bonds is 6. The maximum absolute atomic E-state index is 13.0. The van der Waals surface area contributed by atoms with E-state index >= 15 is 0 Å². The van der Waals surface area contributed by atoms with E-state index in [1.807, 2.05) is 13.8 Å². The highest BCUT2D eigenvalue weighted by Gasteiger charge is 2.19. The second kappa shape index (κ2) is 7.09. The summed E-state index contributed by atoms with van der Waals surface area (Å²) in [5, 5.41) is 2.76. The van der Waals surface area contributed by atoms with Gasteiger partial charge in [0.25, 0.3) is 0 Å². The van der Waals surface area contributed by atoms with E-state index in [4.69, 9.17) is 5.73 Å². The molecule has 0 fully saturated rings. The number of halogens is 1. The highest BCUT2D eigenvalue weighted by molar-refractivity contribution is 5.94. The van der Waals surface area contributed by atoms with Crippen LogP contribution in [0, 0.1) is 5.82 Å². The van der Waals surface area contributed by atoms with Crippen LogP contribution in [0.15, 0.2) is 18.2 Å². The van der Waals surface area contributed by atoms with Crippen molar-refractivity contribution in [2.24, 2.45) is 0 Å². The first kappa shape index (κ1) is 15.4. The van der Waals surface area contributed by atoms with E-state index < -0.39 is 5.82 Å². The molecule has 5 heteroatoms. The van der Waals surface area contributed by atoms with Crippen molar-refractivity contribution in [2.45, 2.75) is 33.2 Å². The monoisotopic (exact) mass is 267 g/mol. The van der Waals surface area contributed by atoms with Gasteiger partial charge in [-0.1, -0.05) is 13.8 Å². The topological polar surface area (TPSA) is 58.4 Å². The van der Waals surface area contributed by atoms with Crippen molar-refractivity contribution < 1.29 is 9.18 Å².